The van der Waals surface area contributed by atoms with Crippen LogP contribution in [0.2, 0.25) is 0 Å². The topological polar surface area (TPSA) is 43.6 Å². The molecule has 1 saturated heterocycles. The normalized spacial score (nSPS) is 18.5. The number of hydrogen-bond acceptors (Lipinski definition) is 2. The SMILES string of the molecule is O=C1COC[C@@H]([N-]Cc2ccccc2)N1Cc1ccccc1. The van der Waals surface area contributed by atoms with Gasteiger partial charge >= 0.3 is 0 Å². The lowest BCUT2D eigenvalue weighted by Crippen LogP contribution is -2.48. The third-order valence-electron chi connectivity index (χ3n) is 3.70. The van der Waals surface area contributed by atoms with Crippen molar-refractivity contribution >= 4 is 5.91 Å². The molecule has 0 N–H and O–H groups in total. The summed E-state index contributed by atoms with van der Waals surface area (Å²) < 4.78 is 5.37. The van der Waals surface area contributed by atoms with E-state index >= 15 is 0 Å². The molecule has 2 aromatic rings. The van der Waals surface area contributed by atoms with Crippen LogP contribution in [0.5, 0.6) is 0 Å². The molecule has 1 fully saturated rings. The van der Waals surface area contributed by atoms with Crippen LogP contribution in [-0.2, 0) is 22.6 Å². The molecule has 0 unspecified atom stereocenters. The lowest BCUT2D eigenvalue weighted by Gasteiger charge is -2.44. The van der Waals surface area contributed by atoms with Crippen molar-refractivity contribution in [3.8, 4) is 0 Å². The van der Waals surface area contributed by atoms with Crippen LogP contribution in [0.3, 0.4) is 0 Å². The molecule has 114 valence electrons. The number of morpholine rings is 1. The lowest BCUT2D eigenvalue weighted by molar-refractivity contribution is -0.147. The summed E-state index contributed by atoms with van der Waals surface area (Å²) in [6.07, 6.45) is -0.221. The first-order chi connectivity index (χ1) is 10.8. The molecule has 0 aromatic heterocycles. The molecular formula is C18H19N2O2-. The van der Waals surface area contributed by atoms with Crippen molar-refractivity contribution in [3.63, 3.8) is 0 Å². The monoisotopic (exact) mass is 295 g/mol. The number of hydrogen-bond donors (Lipinski definition) is 0. The number of ether oxygens (including phenoxy) is 1. The summed E-state index contributed by atoms with van der Waals surface area (Å²) in [4.78, 5) is 14.0. The smallest absolute Gasteiger partial charge is 0.247 e. The van der Waals surface area contributed by atoms with Gasteiger partial charge in [0.25, 0.3) is 0 Å². The fourth-order valence-electron chi connectivity index (χ4n) is 2.51. The maximum absolute atomic E-state index is 12.2. The Bertz CT molecular complexity index is 601. The number of benzene rings is 2. The largest absolute Gasteiger partial charge is 0.636 e. The predicted octanol–water partition coefficient (Wildman–Crippen LogP) is 2.95. The van der Waals surface area contributed by atoms with Crippen LogP contribution >= 0.6 is 0 Å². The molecule has 2 aromatic carbocycles. The number of rotatable bonds is 5. The van der Waals surface area contributed by atoms with E-state index in [0.29, 0.717) is 19.7 Å². The number of nitrogens with zero attached hydrogens (tertiary/aromatic N) is 2. The second-order valence-corrected chi connectivity index (χ2v) is 5.33. The molecule has 0 radical (unpaired) electrons. The first kappa shape index (κ1) is 14.8. The minimum absolute atomic E-state index is 0.00286. The van der Waals surface area contributed by atoms with Gasteiger partial charge in [0.05, 0.1) is 0 Å². The molecule has 0 aliphatic carbocycles. The van der Waals surface area contributed by atoms with E-state index in [1.807, 2.05) is 65.6 Å². The van der Waals surface area contributed by atoms with Crippen molar-refractivity contribution in [3.05, 3.63) is 77.1 Å². The second-order valence-electron chi connectivity index (χ2n) is 5.33. The van der Waals surface area contributed by atoms with Gasteiger partial charge in [0.15, 0.2) is 0 Å². The van der Waals surface area contributed by atoms with E-state index in [-0.39, 0.29) is 18.7 Å². The average Bonchev–Trinajstić information content (AvgIpc) is 2.57. The van der Waals surface area contributed by atoms with Gasteiger partial charge in [0.1, 0.15) is 6.61 Å². The highest BCUT2D eigenvalue weighted by Crippen LogP contribution is 2.19. The van der Waals surface area contributed by atoms with Gasteiger partial charge in [0.2, 0.25) is 5.91 Å². The third kappa shape index (κ3) is 3.72. The fourth-order valence-corrected chi connectivity index (χ4v) is 2.51. The van der Waals surface area contributed by atoms with Gasteiger partial charge in [-0.25, -0.2) is 0 Å². The van der Waals surface area contributed by atoms with E-state index in [0.717, 1.165) is 11.1 Å². The zero-order valence-electron chi connectivity index (χ0n) is 12.4. The molecule has 0 spiro atoms. The van der Waals surface area contributed by atoms with E-state index in [9.17, 15) is 4.79 Å². The van der Waals surface area contributed by atoms with E-state index in [1.54, 1.807) is 0 Å². The minimum atomic E-state index is -0.221. The molecule has 4 nitrogen and oxygen atoms in total. The van der Waals surface area contributed by atoms with Gasteiger partial charge in [-0.15, -0.1) is 6.54 Å². The Balaban J connectivity index is 1.66. The van der Waals surface area contributed by atoms with Crippen LogP contribution in [0.4, 0.5) is 0 Å². The molecule has 1 atom stereocenters. The van der Waals surface area contributed by atoms with Gasteiger partial charge in [-0.3, -0.25) is 4.79 Å². The maximum Gasteiger partial charge on any atom is 0.247 e. The number of carbonyl (C=O) groups excluding carboxylic acids is 1. The van der Waals surface area contributed by atoms with Gasteiger partial charge in [-0.1, -0.05) is 66.2 Å². The Morgan fingerprint density at radius 2 is 1.64 bits per heavy atom. The summed E-state index contributed by atoms with van der Waals surface area (Å²) in [5.41, 5.74) is 2.25. The molecule has 1 amide bonds. The van der Waals surface area contributed by atoms with E-state index in [1.165, 1.54) is 0 Å². The van der Waals surface area contributed by atoms with Crippen molar-refractivity contribution < 1.29 is 9.53 Å². The van der Waals surface area contributed by atoms with Crippen LogP contribution in [0.15, 0.2) is 60.7 Å². The quantitative estimate of drug-likeness (QED) is 0.851. The standard InChI is InChI=1S/C18H19N2O2/c21-18-14-22-13-17(19-11-15-7-3-1-4-8-15)20(18)12-16-9-5-2-6-10-16/h1-10,17H,11-14H2/q-1/t17-/m0/s1. The Hall–Kier alpha value is -2.17. The van der Waals surface area contributed by atoms with E-state index in [4.69, 9.17) is 4.74 Å². The highest BCUT2D eigenvalue weighted by Gasteiger charge is 2.22. The predicted molar refractivity (Wildman–Crippen MR) is 85.1 cm³/mol. The van der Waals surface area contributed by atoms with Gasteiger partial charge < -0.3 is 15.0 Å². The summed E-state index contributed by atoms with van der Waals surface area (Å²) in [5, 5.41) is 4.66. The molecule has 1 aliphatic rings. The molecular weight excluding hydrogens is 276 g/mol. The molecule has 4 heteroatoms. The van der Waals surface area contributed by atoms with E-state index < -0.39 is 0 Å². The zero-order chi connectivity index (χ0) is 15.2. The molecule has 0 saturated carbocycles. The Morgan fingerprint density at radius 1 is 1.00 bits per heavy atom. The van der Waals surface area contributed by atoms with Crippen molar-refractivity contribution in [2.75, 3.05) is 13.2 Å². The molecule has 22 heavy (non-hydrogen) atoms. The van der Waals surface area contributed by atoms with Crippen molar-refractivity contribution in [1.82, 2.24) is 4.90 Å². The lowest BCUT2D eigenvalue weighted by atomic mass is 10.2. The van der Waals surface area contributed by atoms with Crippen molar-refractivity contribution in [2.24, 2.45) is 0 Å². The van der Waals surface area contributed by atoms with Gasteiger partial charge in [-0.2, -0.15) is 0 Å². The zero-order valence-corrected chi connectivity index (χ0v) is 12.4. The van der Waals surface area contributed by atoms with Crippen LogP contribution in [0.1, 0.15) is 11.1 Å². The molecule has 1 aliphatic heterocycles. The molecule has 3 rings (SSSR count). The highest BCUT2D eigenvalue weighted by molar-refractivity contribution is 5.78. The summed E-state index contributed by atoms with van der Waals surface area (Å²) in [6, 6.07) is 20.0. The highest BCUT2D eigenvalue weighted by atomic mass is 16.5. The number of amides is 1. The Labute approximate surface area is 130 Å². The third-order valence-corrected chi connectivity index (χ3v) is 3.70. The van der Waals surface area contributed by atoms with Crippen LogP contribution in [-0.4, -0.2) is 30.2 Å². The fraction of sp³-hybridized carbons (Fsp3) is 0.278. The van der Waals surface area contributed by atoms with Crippen LogP contribution in [0, 0.1) is 0 Å². The summed E-state index contributed by atoms with van der Waals surface area (Å²) in [5.74, 6) is -0.00286. The summed E-state index contributed by atoms with van der Waals surface area (Å²) >= 11 is 0. The van der Waals surface area contributed by atoms with Crippen LogP contribution in [0.25, 0.3) is 5.32 Å². The van der Waals surface area contributed by atoms with Crippen molar-refractivity contribution in [2.45, 2.75) is 19.3 Å². The summed E-state index contributed by atoms with van der Waals surface area (Å²) in [7, 11) is 0. The maximum atomic E-state index is 12.2. The van der Waals surface area contributed by atoms with Gasteiger partial charge in [-0.05, 0) is 11.7 Å². The van der Waals surface area contributed by atoms with Crippen molar-refractivity contribution in [1.29, 1.82) is 0 Å². The first-order valence-corrected chi connectivity index (χ1v) is 7.44. The molecule has 1 heterocycles. The molecule has 0 bridgehead atoms. The van der Waals surface area contributed by atoms with Gasteiger partial charge in [0, 0.05) is 13.2 Å². The number of carbonyl (C=O) groups is 1. The minimum Gasteiger partial charge on any atom is -0.636 e. The summed E-state index contributed by atoms with van der Waals surface area (Å²) in [6.45, 7) is 1.77. The second kappa shape index (κ2) is 7.20. The van der Waals surface area contributed by atoms with Crippen LogP contribution < -0.4 is 0 Å². The average molecular weight is 295 g/mol. The Morgan fingerprint density at radius 3 is 2.32 bits per heavy atom. The Kier molecular flexibility index (Phi) is 4.83. The first-order valence-electron chi connectivity index (χ1n) is 7.44. The van der Waals surface area contributed by atoms with E-state index in [2.05, 4.69) is 5.32 Å².